The molecule has 0 radical (unpaired) electrons. The van der Waals surface area contributed by atoms with Crippen LogP contribution >= 0.6 is 28.3 Å². The maximum Gasteiger partial charge on any atom is 0.242 e. The fraction of sp³-hybridized carbons (Fsp3) is 0.533. The smallest absolute Gasteiger partial charge is 0.242 e. The number of nitrogens with one attached hydrogen (secondary N) is 1. The van der Waals surface area contributed by atoms with E-state index < -0.39 is 0 Å². The molecule has 2 rings (SSSR count). The van der Waals surface area contributed by atoms with E-state index in [-0.39, 0.29) is 23.9 Å². The van der Waals surface area contributed by atoms with E-state index in [4.69, 9.17) is 0 Å². The quantitative estimate of drug-likeness (QED) is 0.895. The second kappa shape index (κ2) is 7.43. The molecule has 1 aliphatic heterocycles. The average molecular weight is 362 g/mol. The Labute approximate surface area is 135 Å². The van der Waals surface area contributed by atoms with Gasteiger partial charge < -0.3 is 10.2 Å². The first kappa shape index (κ1) is 17.5. The van der Waals surface area contributed by atoms with Crippen LogP contribution in [0, 0.1) is 0 Å². The molecule has 0 spiro atoms. The number of likely N-dealkylation sites (N-methyl/N-ethyl adjacent to an activating group) is 1. The monoisotopic (exact) mass is 360 g/mol. The number of hydrogen-bond donors (Lipinski definition) is 1. The number of nitrogens with zero attached hydrogens (tertiary/aromatic N) is 1. The van der Waals surface area contributed by atoms with Crippen LogP contribution < -0.4 is 5.32 Å². The topological polar surface area (TPSA) is 32.3 Å². The number of piperidine rings is 1. The molecule has 1 aromatic carbocycles. The summed E-state index contributed by atoms with van der Waals surface area (Å²) in [5.74, 6) is 0.187. The van der Waals surface area contributed by atoms with Crippen LogP contribution in [0.2, 0.25) is 0 Å². The molecule has 1 N–H and O–H groups in total. The molecule has 0 bridgehead atoms. The van der Waals surface area contributed by atoms with E-state index in [0.717, 1.165) is 35.8 Å². The molecular weight excluding hydrogens is 340 g/mol. The molecular formula is C15H22BrClN2O. The van der Waals surface area contributed by atoms with Crippen molar-refractivity contribution in [2.75, 3.05) is 13.6 Å². The van der Waals surface area contributed by atoms with Crippen LogP contribution in [0.3, 0.4) is 0 Å². The summed E-state index contributed by atoms with van der Waals surface area (Å²) in [6, 6.07) is 8.10. The molecule has 1 atom stereocenters. The Morgan fingerprint density at radius 1 is 1.45 bits per heavy atom. The summed E-state index contributed by atoms with van der Waals surface area (Å²) in [7, 11) is 1.88. The molecule has 0 saturated carbocycles. The van der Waals surface area contributed by atoms with Gasteiger partial charge in [0, 0.05) is 18.1 Å². The molecule has 1 fully saturated rings. The predicted molar refractivity (Wildman–Crippen MR) is 88.1 cm³/mol. The third-order valence-corrected chi connectivity index (χ3v) is 4.24. The van der Waals surface area contributed by atoms with Gasteiger partial charge in [-0.1, -0.05) is 28.1 Å². The van der Waals surface area contributed by atoms with Gasteiger partial charge in [-0.05, 0) is 50.4 Å². The fourth-order valence-corrected chi connectivity index (χ4v) is 3.09. The Balaban J connectivity index is 0.00000200. The molecule has 1 unspecified atom stereocenters. The summed E-state index contributed by atoms with van der Waals surface area (Å²) < 4.78 is 1.05. The van der Waals surface area contributed by atoms with E-state index >= 15 is 0 Å². The van der Waals surface area contributed by atoms with Crippen LogP contribution in [0.4, 0.5) is 0 Å². The van der Waals surface area contributed by atoms with Crippen molar-refractivity contribution in [3.8, 4) is 0 Å². The lowest BCUT2D eigenvalue weighted by atomic mass is 9.89. The summed E-state index contributed by atoms with van der Waals surface area (Å²) in [5.41, 5.74) is 0.753. The van der Waals surface area contributed by atoms with Gasteiger partial charge in [0.25, 0.3) is 0 Å². The maximum atomic E-state index is 12.6. The largest absolute Gasteiger partial charge is 0.340 e. The highest BCUT2D eigenvalue weighted by Gasteiger charge is 2.36. The van der Waals surface area contributed by atoms with Crippen molar-refractivity contribution in [2.24, 2.45) is 0 Å². The van der Waals surface area contributed by atoms with E-state index in [1.54, 1.807) is 0 Å². The zero-order valence-corrected chi connectivity index (χ0v) is 14.4. The van der Waals surface area contributed by atoms with E-state index in [0.29, 0.717) is 6.54 Å². The Bertz CT molecular complexity index is 461. The molecule has 1 heterocycles. The van der Waals surface area contributed by atoms with E-state index in [1.807, 2.05) is 37.1 Å². The van der Waals surface area contributed by atoms with Crippen LogP contribution in [-0.2, 0) is 11.3 Å². The molecule has 3 nitrogen and oxygen atoms in total. The van der Waals surface area contributed by atoms with Crippen LogP contribution in [0.1, 0.15) is 31.7 Å². The minimum Gasteiger partial charge on any atom is -0.340 e. The molecule has 1 saturated heterocycles. The van der Waals surface area contributed by atoms with Gasteiger partial charge in [-0.15, -0.1) is 12.4 Å². The van der Waals surface area contributed by atoms with E-state index in [1.165, 1.54) is 0 Å². The zero-order valence-electron chi connectivity index (χ0n) is 12.0. The van der Waals surface area contributed by atoms with Crippen molar-refractivity contribution in [3.05, 3.63) is 34.3 Å². The van der Waals surface area contributed by atoms with Gasteiger partial charge in [0.15, 0.2) is 0 Å². The third-order valence-electron chi connectivity index (χ3n) is 3.75. The summed E-state index contributed by atoms with van der Waals surface area (Å²) in [6.45, 7) is 3.61. The second-order valence-corrected chi connectivity index (χ2v) is 6.42. The molecule has 0 aromatic heterocycles. The van der Waals surface area contributed by atoms with E-state index in [2.05, 4.69) is 27.3 Å². The van der Waals surface area contributed by atoms with Crippen LogP contribution in [0.25, 0.3) is 0 Å². The standard InChI is InChI=1S/C15H21BrN2O.ClH/c1-15(8-3-4-9-17-15)14(19)18(2)11-12-6-5-7-13(16)10-12;/h5-7,10,17H,3-4,8-9,11H2,1-2H3;1H. The molecule has 1 aliphatic rings. The molecule has 112 valence electrons. The lowest BCUT2D eigenvalue weighted by molar-refractivity contribution is -0.137. The first-order valence-corrected chi connectivity index (χ1v) is 7.56. The molecule has 1 amide bonds. The molecule has 20 heavy (non-hydrogen) atoms. The summed E-state index contributed by atoms with van der Waals surface area (Å²) in [6.07, 6.45) is 3.22. The van der Waals surface area contributed by atoms with Crippen molar-refractivity contribution in [1.82, 2.24) is 10.2 Å². The van der Waals surface area contributed by atoms with Gasteiger partial charge in [0.05, 0.1) is 5.54 Å². The minimum atomic E-state index is -0.390. The SMILES string of the molecule is CN(Cc1cccc(Br)c1)C(=O)C1(C)CCCCN1.Cl. The number of rotatable bonds is 3. The summed E-state index contributed by atoms with van der Waals surface area (Å²) in [4.78, 5) is 14.4. The van der Waals surface area contributed by atoms with Crippen LogP contribution in [0.15, 0.2) is 28.7 Å². The first-order valence-electron chi connectivity index (χ1n) is 6.76. The lowest BCUT2D eigenvalue weighted by Crippen LogP contribution is -2.57. The van der Waals surface area contributed by atoms with Crippen molar-refractivity contribution >= 4 is 34.2 Å². The van der Waals surface area contributed by atoms with Gasteiger partial charge >= 0.3 is 0 Å². The van der Waals surface area contributed by atoms with Crippen molar-refractivity contribution in [3.63, 3.8) is 0 Å². The average Bonchev–Trinajstić information content (AvgIpc) is 2.38. The Kier molecular flexibility index (Phi) is 6.49. The number of halogens is 2. The highest BCUT2D eigenvalue weighted by atomic mass is 79.9. The minimum absolute atomic E-state index is 0. The maximum absolute atomic E-state index is 12.6. The molecule has 5 heteroatoms. The van der Waals surface area contributed by atoms with Crippen molar-refractivity contribution < 1.29 is 4.79 Å². The van der Waals surface area contributed by atoms with Gasteiger partial charge in [-0.25, -0.2) is 0 Å². The van der Waals surface area contributed by atoms with Gasteiger partial charge in [0.2, 0.25) is 5.91 Å². The second-order valence-electron chi connectivity index (χ2n) is 5.51. The predicted octanol–water partition coefficient (Wildman–Crippen LogP) is 3.36. The number of hydrogen-bond acceptors (Lipinski definition) is 2. The zero-order chi connectivity index (χ0) is 13.9. The first-order chi connectivity index (χ1) is 9.01. The number of carbonyl (C=O) groups excluding carboxylic acids is 1. The van der Waals surface area contributed by atoms with E-state index in [9.17, 15) is 4.79 Å². The van der Waals surface area contributed by atoms with Crippen LogP contribution in [-0.4, -0.2) is 29.9 Å². The molecule has 0 aliphatic carbocycles. The normalized spacial score (nSPS) is 21.9. The van der Waals surface area contributed by atoms with Crippen LogP contribution in [0.5, 0.6) is 0 Å². The summed E-state index contributed by atoms with van der Waals surface area (Å²) >= 11 is 3.46. The highest BCUT2D eigenvalue weighted by molar-refractivity contribution is 9.10. The number of carbonyl (C=O) groups is 1. The van der Waals surface area contributed by atoms with Gasteiger partial charge in [-0.2, -0.15) is 0 Å². The Morgan fingerprint density at radius 2 is 2.20 bits per heavy atom. The number of amides is 1. The number of benzene rings is 1. The Morgan fingerprint density at radius 3 is 2.80 bits per heavy atom. The lowest BCUT2D eigenvalue weighted by Gasteiger charge is -2.36. The highest BCUT2D eigenvalue weighted by Crippen LogP contribution is 2.22. The third kappa shape index (κ3) is 4.21. The van der Waals surface area contributed by atoms with Crippen molar-refractivity contribution in [2.45, 2.75) is 38.3 Å². The molecule has 1 aromatic rings. The van der Waals surface area contributed by atoms with Gasteiger partial charge in [0.1, 0.15) is 0 Å². The van der Waals surface area contributed by atoms with Gasteiger partial charge in [-0.3, -0.25) is 4.79 Å². The fourth-order valence-electron chi connectivity index (χ4n) is 2.64. The summed E-state index contributed by atoms with van der Waals surface area (Å²) in [5, 5.41) is 3.37. The van der Waals surface area contributed by atoms with Crippen molar-refractivity contribution in [1.29, 1.82) is 0 Å². The Hall–Kier alpha value is -0.580.